The minimum atomic E-state index is -1.41. The van der Waals surface area contributed by atoms with Crippen molar-refractivity contribution in [1.29, 1.82) is 0 Å². The van der Waals surface area contributed by atoms with E-state index in [0.29, 0.717) is 6.61 Å². The van der Waals surface area contributed by atoms with Gasteiger partial charge in [0.2, 0.25) is 30.4 Å². The van der Waals surface area contributed by atoms with Gasteiger partial charge in [0, 0.05) is 6.61 Å². The number of nitrogens with zero attached hydrogens (tertiary/aromatic N) is 3. The SMILES string of the molecule is CCCOC[C@H]1O[C@@H]([N+]2([C@@H]3C[C@H](O)[C@@H](CO)O3)C=Nc3c2nc(N)[nH]c3=O)[C@H](O)[C@@H]1O. The van der Waals surface area contributed by atoms with E-state index in [1.165, 1.54) is 6.34 Å². The molecule has 0 radical (unpaired) electrons. The van der Waals surface area contributed by atoms with Gasteiger partial charge in [-0.3, -0.25) is 9.78 Å². The van der Waals surface area contributed by atoms with Crippen molar-refractivity contribution in [2.45, 2.75) is 62.7 Å². The van der Waals surface area contributed by atoms with Gasteiger partial charge in [0.15, 0.2) is 6.10 Å². The first-order chi connectivity index (χ1) is 14.8. The van der Waals surface area contributed by atoms with E-state index in [9.17, 15) is 25.2 Å². The van der Waals surface area contributed by atoms with E-state index in [0.717, 1.165) is 6.42 Å². The third-order valence-electron chi connectivity index (χ3n) is 5.89. The number of nitrogen functional groups attached to an aromatic ring is 1. The number of aliphatic hydroxyl groups excluding tert-OH is 4. The molecule has 0 spiro atoms. The molecule has 1 aromatic rings. The average Bonchev–Trinajstić information content (AvgIpc) is 3.38. The van der Waals surface area contributed by atoms with E-state index in [1.54, 1.807) is 0 Å². The van der Waals surface area contributed by atoms with Gasteiger partial charge in [0.25, 0.3) is 11.4 Å². The molecule has 2 fully saturated rings. The molecular formula is C18H28N5O8+. The minimum Gasteiger partial charge on any atom is -0.394 e. The van der Waals surface area contributed by atoms with Crippen molar-refractivity contribution in [1.82, 2.24) is 14.5 Å². The van der Waals surface area contributed by atoms with Crippen LogP contribution < -0.4 is 15.8 Å². The molecule has 0 aliphatic carbocycles. The normalized spacial score (nSPS) is 39.3. The van der Waals surface area contributed by atoms with E-state index >= 15 is 0 Å². The molecule has 7 N–H and O–H groups in total. The Morgan fingerprint density at radius 1 is 1.29 bits per heavy atom. The zero-order chi connectivity index (χ0) is 22.3. The molecule has 13 heteroatoms. The van der Waals surface area contributed by atoms with Gasteiger partial charge < -0.3 is 40.4 Å². The first kappa shape index (κ1) is 22.2. The number of ether oxygens (including phenoxy) is 3. The number of aromatic nitrogens is 2. The molecule has 172 valence electrons. The molecule has 1 unspecified atom stereocenters. The highest BCUT2D eigenvalue weighted by Gasteiger charge is 2.63. The van der Waals surface area contributed by atoms with E-state index in [-0.39, 0.29) is 30.5 Å². The molecule has 0 saturated carbocycles. The van der Waals surface area contributed by atoms with Crippen molar-refractivity contribution in [2.24, 2.45) is 4.99 Å². The maximum atomic E-state index is 12.4. The predicted octanol–water partition coefficient (Wildman–Crippen LogP) is -2.33. The van der Waals surface area contributed by atoms with Crippen LogP contribution >= 0.6 is 0 Å². The van der Waals surface area contributed by atoms with Gasteiger partial charge in [-0.15, -0.1) is 0 Å². The number of hydrogen-bond acceptors (Lipinski definition) is 11. The lowest BCUT2D eigenvalue weighted by atomic mass is 10.1. The number of H-pyrrole nitrogens is 1. The lowest BCUT2D eigenvalue weighted by Crippen LogP contribution is -2.65. The summed E-state index contributed by atoms with van der Waals surface area (Å²) in [5, 5.41) is 41.4. The van der Waals surface area contributed by atoms with Gasteiger partial charge in [-0.2, -0.15) is 14.5 Å². The maximum absolute atomic E-state index is 12.4. The number of hydrogen-bond donors (Lipinski definition) is 6. The lowest BCUT2D eigenvalue weighted by Gasteiger charge is -2.39. The number of aliphatic imine (C=N–C) groups is 1. The fourth-order valence-electron chi connectivity index (χ4n) is 4.34. The Morgan fingerprint density at radius 2 is 2.06 bits per heavy atom. The van der Waals surface area contributed by atoms with Gasteiger partial charge in [-0.25, -0.2) is 0 Å². The predicted molar refractivity (Wildman–Crippen MR) is 107 cm³/mol. The van der Waals surface area contributed by atoms with Crippen molar-refractivity contribution in [3.63, 3.8) is 0 Å². The Hall–Kier alpha value is -1.97. The van der Waals surface area contributed by atoms with Crippen LogP contribution in [0.5, 0.6) is 0 Å². The molecule has 3 aliphatic rings. The Labute approximate surface area is 177 Å². The summed E-state index contributed by atoms with van der Waals surface area (Å²) >= 11 is 0. The lowest BCUT2D eigenvalue weighted by molar-refractivity contribution is -0.135. The molecule has 4 rings (SSSR count). The Morgan fingerprint density at radius 3 is 2.74 bits per heavy atom. The molecule has 8 atom stereocenters. The third-order valence-corrected chi connectivity index (χ3v) is 5.89. The average molecular weight is 442 g/mol. The van der Waals surface area contributed by atoms with Crippen LogP contribution in [0.2, 0.25) is 0 Å². The van der Waals surface area contributed by atoms with Crippen LogP contribution in [0.15, 0.2) is 9.79 Å². The first-order valence-corrected chi connectivity index (χ1v) is 10.2. The summed E-state index contributed by atoms with van der Waals surface area (Å²) in [5.41, 5.74) is 5.13. The monoisotopic (exact) mass is 442 g/mol. The maximum Gasteiger partial charge on any atom is 0.284 e. The molecular weight excluding hydrogens is 414 g/mol. The van der Waals surface area contributed by atoms with Crippen LogP contribution in [0.1, 0.15) is 19.8 Å². The van der Waals surface area contributed by atoms with E-state index in [4.69, 9.17) is 19.9 Å². The fourth-order valence-corrected chi connectivity index (χ4v) is 4.34. The number of nitrogens with two attached hydrogens (primary N) is 1. The molecule has 13 nitrogen and oxygen atoms in total. The van der Waals surface area contributed by atoms with Crippen molar-refractivity contribution in [3.05, 3.63) is 10.4 Å². The first-order valence-electron chi connectivity index (χ1n) is 10.2. The van der Waals surface area contributed by atoms with E-state index < -0.39 is 59.6 Å². The number of aliphatic hydroxyl groups is 4. The number of rotatable bonds is 7. The molecule has 1 aromatic heterocycles. The minimum absolute atomic E-state index is 0.0325. The zero-order valence-electron chi connectivity index (χ0n) is 17.0. The summed E-state index contributed by atoms with van der Waals surface area (Å²) in [4.78, 5) is 23.2. The number of aromatic amines is 1. The van der Waals surface area contributed by atoms with Crippen molar-refractivity contribution >= 4 is 23.8 Å². The van der Waals surface area contributed by atoms with Crippen LogP contribution in [0, 0.1) is 0 Å². The highest BCUT2D eigenvalue weighted by Crippen LogP contribution is 2.45. The van der Waals surface area contributed by atoms with Gasteiger partial charge in [-0.05, 0) is 6.42 Å². The second-order valence-electron chi connectivity index (χ2n) is 7.94. The molecule has 31 heavy (non-hydrogen) atoms. The number of fused-ring (bicyclic) bond motifs is 1. The van der Waals surface area contributed by atoms with Gasteiger partial charge >= 0.3 is 0 Å². The van der Waals surface area contributed by atoms with E-state index in [1.807, 2.05) is 6.92 Å². The number of quaternary nitrogens is 1. The summed E-state index contributed by atoms with van der Waals surface area (Å²) in [5.74, 6) is -0.117. The van der Waals surface area contributed by atoms with Crippen LogP contribution in [0.25, 0.3) is 0 Å². The van der Waals surface area contributed by atoms with Gasteiger partial charge in [0.1, 0.15) is 18.3 Å². The van der Waals surface area contributed by atoms with Crippen LogP contribution in [-0.4, -0.2) is 99.5 Å². The van der Waals surface area contributed by atoms with Crippen LogP contribution in [0.3, 0.4) is 0 Å². The number of nitrogens with one attached hydrogen (secondary N) is 1. The molecule has 2 saturated heterocycles. The van der Waals surface area contributed by atoms with Crippen molar-refractivity contribution < 1.29 is 34.6 Å². The smallest absolute Gasteiger partial charge is 0.284 e. The fraction of sp³-hybridized carbons (Fsp3) is 0.722. The molecule has 4 heterocycles. The van der Waals surface area contributed by atoms with Crippen LogP contribution in [-0.2, 0) is 14.2 Å². The second-order valence-corrected chi connectivity index (χ2v) is 7.94. The Bertz CT molecular complexity index is 896. The topological polar surface area (TPSA) is 193 Å². The summed E-state index contributed by atoms with van der Waals surface area (Å²) in [6, 6.07) is 0. The Kier molecular flexibility index (Phi) is 6.11. The van der Waals surface area contributed by atoms with Crippen molar-refractivity contribution in [3.8, 4) is 0 Å². The van der Waals surface area contributed by atoms with Crippen LogP contribution in [0.4, 0.5) is 17.5 Å². The Balaban J connectivity index is 1.76. The summed E-state index contributed by atoms with van der Waals surface area (Å²) in [6.07, 6.45) is -5.40. The highest BCUT2D eigenvalue weighted by molar-refractivity contribution is 5.87. The van der Waals surface area contributed by atoms with Crippen molar-refractivity contribution in [2.75, 3.05) is 25.6 Å². The molecule has 0 bridgehead atoms. The van der Waals surface area contributed by atoms with Gasteiger partial charge in [-0.1, -0.05) is 6.92 Å². The quantitative estimate of drug-likeness (QED) is 0.197. The standard InChI is InChI=1S/C18H27N5O8/c1-2-3-29-6-10-13(26)14(27)17(31-10)23(11-4-8(25)9(5-24)30-11)7-20-12-15(23)21-18(19)22-16(12)28/h7-11,13-14,17,24-27H,2-6H2,1H3,(H2-,19,21,22,28)/p+1/t8-,9+,10+,11-,13+,14+,17+,23?/m0/s1. The summed E-state index contributed by atoms with van der Waals surface area (Å²) in [6.45, 7) is 2.01. The molecule has 0 aromatic carbocycles. The molecule has 0 amide bonds. The number of anilines is 1. The van der Waals surface area contributed by atoms with Gasteiger partial charge in [0.05, 0.1) is 25.7 Å². The third kappa shape index (κ3) is 3.56. The van der Waals surface area contributed by atoms with E-state index in [2.05, 4.69) is 15.0 Å². The largest absolute Gasteiger partial charge is 0.394 e. The zero-order valence-corrected chi connectivity index (χ0v) is 17.0. The molecule has 3 aliphatic heterocycles. The summed E-state index contributed by atoms with van der Waals surface area (Å²) < 4.78 is 16.8. The summed E-state index contributed by atoms with van der Waals surface area (Å²) in [7, 11) is 0. The highest BCUT2D eigenvalue weighted by atomic mass is 16.6. The second kappa shape index (κ2) is 8.52.